The lowest BCUT2D eigenvalue weighted by Gasteiger charge is -2.31. The molecule has 1 aromatic carbocycles. The van der Waals surface area contributed by atoms with Crippen LogP contribution in [0.2, 0.25) is 0 Å². The van der Waals surface area contributed by atoms with Crippen molar-refractivity contribution in [3.05, 3.63) is 29.8 Å². The number of anilines is 1. The Kier molecular flexibility index (Phi) is 6.20. The number of hydrogen-bond donors (Lipinski definition) is 0. The van der Waals surface area contributed by atoms with Gasteiger partial charge in [0.15, 0.2) is 0 Å². The van der Waals surface area contributed by atoms with E-state index in [4.69, 9.17) is 0 Å². The minimum atomic E-state index is -0.00836. The fraction of sp³-hybridized carbons (Fsp3) is 0.579. The molecule has 1 heterocycles. The summed E-state index contributed by atoms with van der Waals surface area (Å²) in [5, 5.41) is 0. The highest BCUT2D eigenvalue weighted by molar-refractivity contribution is 5.93. The summed E-state index contributed by atoms with van der Waals surface area (Å²) in [6, 6.07) is 7.94. The van der Waals surface area contributed by atoms with E-state index in [0.717, 1.165) is 43.6 Å². The van der Waals surface area contributed by atoms with Crippen LogP contribution in [-0.2, 0) is 16.0 Å². The summed E-state index contributed by atoms with van der Waals surface area (Å²) in [5.41, 5.74) is 2.07. The van der Waals surface area contributed by atoms with Crippen LogP contribution in [0.5, 0.6) is 0 Å². The Balaban J connectivity index is 2.00. The maximum atomic E-state index is 12.4. The maximum Gasteiger partial charge on any atom is 0.224 e. The van der Waals surface area contributed by atoms with Crippen LogP contribution in [0, 0.1) is 5.92 Å². The molecule has 126 valence electrons. The third-order valence-electron chi connectivity index (χ3n) is 4.73. The van der Waals surface area contributed by atoms with Crippen molar-refractivity contribution in [1.29, 1.82) is 0 Å². The predicted octanol–water partition coefficient (Wildman–Crippen LogP) is 3.25. The molecule has 0 N–H and O–H groups in total. The quantitative estimate of drug-likeness (QED) is 0.836. The first kappa shape index (κ1) is 17.5. The first-order valence-corrected chi connectivity index (χ1v) is 8.66. The van der Waals surface area contributed by atoms with Crippen molar-refractivity contribution in [3.63, 3.8) is 0 Å². The van der Waals surface area contributed by atoms with Gasteiger partial charge in [-0.3, -0.25) is 9.59 Å². The van der Waals surface area contributed by atoms with E-state index in [-0.39, 0.29) is 11.8 Å². The minimum absolute atomic E-state index is 0.00836. The molecule has 0 unspecified atom stereocenters. The van der Waals surface area contributed by atoms with Crippen molar-refractivity contribution in [2.75, 3.05) is 24.5 Å². The first-order valence-electron chi connectivity index (χ1n) is 8.66. The van der Waals surface area contributed by atoms with Crippen LogP contribution in [0.25, 0.3) is 0 Å². The summed E-state index contributed by atoms with van der Waals surface area (Å²) >= 11 is 0. The number of likely N-dealkylation sites (tertiary alicyclic amines) is 1. The van der Waals surface area contributed by atoms with Crippen molar-refractivity contribution in [1.82, 2.24) is 4.90 Å². The largest absolute Gasteiger partial charge is 0.343 e. The van der Waals surface area contributed by atoms with Crippen molar-refractivity contribution in [2.24, 2.45) is 5.92 Å². The Bertz CT molecular complexity index is 548. The number of carbonyl (C=O) groups excluding carboxylic acids is 2. The molecule has 1 aliphatic rings. The van der Waals surface area contributed by atoms with E-state index >= 15 is 0 Å². The van der Waals surface area contributed by atoms with Gasteiger partial charge in [0.2, 0.25) is 11.8 Å². The zero-order chi connectivity index (χ0) is 16.8. The van der Waals surface area contributed by atoms with Gasteiger partial charge in [-0.25, -0.2) is 0 Å². The summed E-state index contributed by atoms with van der Waals surface area (Å²) in [5.74, 6) is 0.868. The Labute approximate surface area is 139 Å². The zero-order valence-electron chi connectivity index (χ0n) is 14.5. The second kappa shape index (κ2) is 8.14. The average Bonchev–Trinajstić information content (AvgIpc) is 2.55. The van der Waals surface area contributed by atoms with E-state index < -0.39 is 0 Å². The number of nitrogens with zero attached hydrogens (tertiary/aromatic N) is 2. The van der Waals surface area contributed by atoms with Crippen molar-refractivity contribution in [3.8, 4) is 0 Å². The molecule has 1 saturated heterocycles. The third kappa shape index (κ3) is 4.57. The fourth-order valence-corrected chi connectivity index (χ4v) is 3.14. The molecule has 0 aromatic heterocycles. The van der Waals surface area contributed by atoms with Gasteiger partial charge in [-0.2, -0.15) is 0 Å². The molecule has 1 fully saturated rings. The Morgan fingerprint density at radius 2 is 1.87 bits per heavy atom. The van der Waals surface area contributed by atoms with Gasteiger partial charge in [0.1, 0.15) is 0 Å². The van der Waals surface area contributed by atoms with Gasteiger partial charge < -0.3 is 9.80 Å². The van der Waals surface area contributed by atoms with E-state index in [1.165, 1.54) is 0 Å². The van der Waals surface area contributed by atoms with Crippen molar-refractivity contribution < 1.29 is 9.59 Å². The maximum absolute atomic E-state index is 12.4. The van der Waals surface area contributed by atoms with E-state index in [0.29, 0.717) is 18.9 Å². The van der Waals surface area contributed by atoms with Crippen LogP contribution in [0.15, 0.2) is 24.3 Å². The second-order valence-corrected chi connectivity index (χ2v) is 6.47. The Hall–Kier alpha value is -1.84. The highest BCUT2D eigenvalue weighted by Gasteiger charge is 2.22. The summed E-state index contributed by atoms with van der Waals surface area (Å²) in [7, 11) is 0. The number of benzene rings is 1. The molecule has 4 heteroatoms. The van der Waals surface area contributed by atoms with Gasteiger partial charge in [-0.1, -0.05) is 32.0 Å². The normalized spacial score (nSPS) is 15.5. The molecule has 2 amide bonds. The minimum Gasteiger partial charge on any atom is -0.343 e. The predicted molar refractivity (Wildman–Crippen MR) is 93.4 cm³/mol. The highest BCUT2D eigenvalue weighted by Crippen LogP contribution is 2.22. The molecule has 2 rings (SSSR count). The first-order chi connectivity index (χ1) is 11.0. The Morgan fingerprint density at radius 1 is 1.22 bits per heavy atom. The molecular weight excluding hydrogens is 288 g/mol. The molecule has 0 atom stereocenters. The number of hydrogen-bond acceptors (Lipinski definition) is 2. The molecule has 1 aliphatic heterocycles. The Morgan fingerprint density at radius 3 is 2.48 bits per heavy atom. The molecule has 1 aromatic rings. The van der Waals surface area contributed by atoms with Crippen LogP contribution in [0.1, 0.15) is 45.6 Å². The van der Waals surface area contributed by atoms with Crippen molar-refractivity contribution in [2.45, 2.75) is 46.5 Å². The average molecular weight is 316 g/mol. The van der Waals surface area contributed by atoms with E-state index in [1.54, 1.807) is 11.8 Å². The van der Waals surface area contributed by atoms with Crippen LogP contribution in [0.3, 0.4) is 0 Å². The smallest absolute Gasteiger partial charge is 0.224 e. The highest BCUT2D eigenvalue weighted by atomic mass is 16.2. The van der Waals surface area contributed by atoms with Crippen LogP contribution in [-0.4, -0.2) is 36.3 Å². The summed E-state index contributed by atoms with van der Waals surface area (Å²) < 4.78 is 0. The number of amides is 2. The number of aryl methyl sites for hydroxylation is 1. The van der Waals surface area contributed by atoms with Crippen molar-refractivity contribution >= 4 is 17.5 Å². The van der Waals surface area contributed by atoms with E-state index in [2.05, 4.69) is 13.8 Å². The number of para-hydroxylation sites is 1. The monoisotopic (exact) mass is 316 g/mol. The van der Waals surface area contributed by atoms with Crippen LogP contribution >= 0.6 is 0 Å². The van der Waals surface area contributed by atoms with Gasteiger partial charge in [-0.15, -0.1) is 0 Å². The number of carbonyl (C=O) groups is 2. The van der Waals surface area contributed by atoms with Gasteiger partial charge >= 0.3 is 0 Å². The van der Waals surface area contributed by atoms with Gasteiger partial charge in [0, 0.05) is 38.7 Å². The lowest BCUT2D eigenvalue weighted by atomic mass is 9.99. The second-order valence-electron chi connectivity index (χ2n) is 6.47. The van der Waals surface area contributed by atoms with Gasteiger partial charge in [-0.05, 0) is 36.8 Å². The van der Waals surface area contributed by atoms with E-state index in [9.17, 15) is 9.59 Å². The summed E-state index contributed by atoms with van der Waals surface area (Å²) in [6.07, 6.45) is 3.44. The summed E-state index contributed by atoms with van der Waals surface area (Å²) in [6.45, 7) is 8.05. The molecule has 0 bridgehead atoms. The molecular formula is C19H28N2O2. The lowest BCUT2D eigenvalue weighted by Crippen LogP contribution is -2.40. The van der Waals surface area contributed by atoms with Gasteiger partial charge in [0.05, 0.1) is 0 Å². The van der Waals surface area contributed by atoms with E-state index in [1.807, 2.05) is 29.2 Å². The zero-order valence-corrected chi connectivity index (χ0v) is 14.5. The standard InChI is InChI=1S/C19H28N2O2/c1-4-17-7-5-6-8-18(17)21(16(3)22)14-11-19(23)20-12-9-15(2)10-13-20/h5-8,15H,4,9-14H2,1-3H3. The molecule has 0 aliphatic carbocycles. The summed E-state index contributed by atoms with van der Waals surface area (Å²) in [4.78, 5) is 28.1. The fourth-order valence-electron chi connectivity index (χ4n) is 3.14. The van der Waals surface area contributed by atoms with Crippen LogP contribution in [0.4, 0.5) is 5.69 Å². The number of rotatable bonds is 5. The topological polar surface area (TPSA) is 40.6 Å². The molecule has 0 saturated carbocycles. The molecule has 4 nitrogen and oxygen atoms in total. The third-order valence-corrected chi connectivity index (χ3v) is 4.73. The molecule has 23 heavy (non-hydrogen) atoms. The van der Waals surface area contributed by atoms with Crippen LogP contribution < -0.4 is 4.90 Å². The lowest BCUT2D eigenvalue weighted by molar-refractivity contribution is -0.132. The number of piperidine rings is 1. The SMILES string of the molecule is CCc1ccccc1N(CCC(=O)N1CCC(C)CC1)C(C)=O. The van der Waals surface area contributed by atoms with Gasteiger partial charge in [0.25, 0.3) is 0 Å². The molecule has 0 radical (unpaired) electrons. The molecule has 0 spiro atoms.